The van der Waals surface area contributed by atoms with E-state index >= 15 is 0 Å². The van der Waals surface area contributed by atoms with Gasteiger partial charge in [-0.1, -0.05) is 48.0 Å². The Balaban J connectivity index is 1.45. The third-order valence-corrected chi connectivity index (χ3v) is 6.70. The fraction of sp³-hybridized carbons (Fsp3) is 0.375. The SMILES string of the molecule is Cc1c(Cl)cccc1-n1nc(C2CCCN(Cc3ccccc3)C2)c2c1NCC2. The Bertz CT molecular complexity index is 1010. The van der Waals surface area contributed by atoms with Gasteiger partial charge in [0.15, 0.2) is 0 Å². The minimum Gasteiger partial charge on any atom is -0.369 e. The molecule has 1 saturated heterocycles. The van der Waals surface area contributed by atoms with E-state index in [2.05, 4.69) is 58.2 Å². The van der Waals surface area contributed by atoms with Crippen LogP contribution in [0.15, 0.2) is 48.5 Å². The van der Waals surface area contributed by atoms with Crippen LogP contribution in [0.1, 0.15) is 41.1 Å². The first kappa shape index (κ1) is 18.7. The van der Waals surface area contributed by atoms with Gasteiger partial charge < -0.3 is 5.32 Å². The van der Waals surface area contributed by atoms with Gasteiger partial charge in [-0.05, 0) is 56.0 Å². The summed E-state index contributed by atoms with van der Waals surface area (Å²) < 4.78 is 2.09. The van der Waals surface area contributed by atoms with Crippen molar-refractivity contribution in [1.82, 2.24) is 14.7 Å². The molecule has 1 N–H and O–H groups in total. The molecular formula is C24H27ClN4. The zero-order chi connectivity index (χ0) is 19.8. The van der Waals surface area contributed by atoms with E-state index in [1.165, 1.54) is 36.2 Å². The molecule has 1 fully saturated rings. The van der Waals surface area contributed by atoms with Crippen LogP contribution in [0.3, 0.4) is 0 Å². The molecule has 1 atom stereocenters. The summed E-state index contributed by atoms with van der Waals surface area (Å²) in [7, 11) is 0. The zero-order valence-electron chi connectivity index (χ0n) is 16.9. The summed E-state index contributed by atoms with van der Waals surface area (Å²) in [6.07, 6.45) is 3.49. The average molecular weight is 407 g/mol. The summed E-state index contributed by atoms with van der Waals surface area (Å²) in [4.78, 5) is 2.59. The number of fused-ring (bicyclic) bond motifs is 1. The highest BCUT2D eigenvalue weighted by Crippen LogP contribution is 2.37. The third kappa shape index (κ3) is 3.56. The molecule has 3 aromatic rings. The van der Waals surface area contributed by atoms with Gasteiger partial charge in [0.05, 0.1) is 11.4 Å². The molecule has 2 aliphatic heterocycles. The fourth-order valence-corrected chi connectivity index (χ4v) is 4.96. The lowest BCUT2D eigenvalue weighted by atomic mass is 9.91. The third-order valence-electron chi connectivity index (χ3n) is 6.29. The second-order valence-corrected chi connectivity index (χ2v) is 8.65. The van der Waals surface area contributed by atoms with E-state index in [1.54, 1.807) is 0 Å². The Hall–Kier alpha value is -2.30. The maximum absolute atomic E-state index is 6.40. The summed E-state index contributed by atoms with van der Waals surface area (Å²) in [5, 5.41) is 9.50. The van der Waals surface area contributed by atoms with Crippen LogP contribution in [-0.4, -0.2) is 34.3 Å². The molecule has 0 radical (unpaired) electrons. The molecule has 4 nitrogen and oxygen atoms in total. The number of likely N-dealkylation sites (tertiary alicyclic amines) is 1. The van der Waals surface area contributed by atoms with Crippen LogP contribution in [0.2, 0.25) is 5.02 Å². The molecule has 1 unspecified atom stereocenters. The standard InChI is InChI=1S/C24H27ClN4/c1-17-21(25)10-5-11-22(17)29-24-20(12-13-26-24)23(27-29)19-9-6-14-28(16-19)15-18-7-3-2-4-8-18/h2-5,7-8,10-11,19,26H,6,9,12-16H2,1H3. The predicted octanol–water partition coefficient (Wildman–Crippen LogP) is 5.18. The van der Waals surface area contributed by atoms with E-state index in [-0.39, 0.29) is 0 Å². The molecule has 2 aromatic carbocycles. The van der Waals surface area contributed by atoms with E-state index in [0.29, 0.717) is 5.92 Å². The van der Waals surface area contributed by atoms with Crippen LogP contribution >= 0.6 is 11.6 Å². The number of benzene rings is 2. The Labute approximate surface area is 177 Å². The number of nitrogens with zero attached hydrogens (tertiary/aromatic N) is 3. The number of halogens is 1. The zero-order valence-corrected chi connectivity index (χ0v) is 17.6. The van der Waals surface area contributed by atoms with Crippen molar-refractivity contribution in [3.63, 3.8) is 0 Å². The van der Waals surface area contributed by atoms with Crippen LogP contribution in [0.25, 0.3) is 5.69 Å². The fourth-order valence-electron chi connectivity index (χ4n) is 4.79. The first-order chi connectivity index (χ1) is 14.2. The molecule has 5 rings (SSSR count). The van der Waals surface area contributed by atoms with Crippen molar-refractivity contribution in [2.45, 2.75) is 38.6 Å². The molecule has 0 bridgehead atoms. The number of anilines is 1. The van der Waals surface area contributed by atoms with Crippen LogP contribution in [0.5, 0.6) is 0 Å². The van der Waals surface area contributed by atoms with Gasteiger partial charge in [0.1, 0.15) is 5.82 Å². The van der Waals surface area contributed by atoms with Gasteiger partial charge in [-0.25, -0.2) is 4.68 Å². The molecule has 150 valence electrons. The van der Waals surface area contributed by atoms with Crippen molar-refractivity contribution in [3.8, 4) is 5.69 Å². The molecule has 29 heavy (non-hydrogen) atoms. The van der Waals surface area contributed by atoms with Crippen LogP contribution in [-0.2, 0) is 13.0 Å². The van der Waals surface area contributed by atoms with Gasteiger partial charge in [0, 0.05) is 36.1 Å². The lowest BCUT2D eigenvalue weighted by molar-refractivity contribution is 0.198. The van der Waals surface area contributed by atoms with Gasteiger partial charge in [-0.15, -0.1) is 0 Å². The van der Waals surface area contributed by atoms with Crippen LogP contribution in [0.4, 0.5) is 5.82 Å². The second kappa shape index (κ2) is 7.85. The minimum absolute atomic E-state index is 0.488. The minimum atomic E-state index is 0.488. The van der Waals surface area contributed by atoms with Crippen molar-refractivity contribution in [2.75, 3.05) is 25.0 Å². The Morgan fingerprint density at radius 1 is 1.14 bits per heavy atom. The summed E-state index contributed by atoms with van der Waals surface area (Å²) in [6.45, 7) is 6.32. The number of aromatic nitrogens is 2. The molecule has 2 aliphatic rings. The van der Waals surface area contributed by atoms with Crippen molar-refractivity contribution < 1.29 is 0 Å². The lowest BCUT2D eigenvalue weighted by Crippen LogP contribution is -2.34. The van der Waals surface area contributed by atoms with Gasteiger partial charge in [0.25, 0.3) is 0 Å². The maximum Gasteiger partial charge on any atom is 0.133 e. The summed E-state index contributed by atoms with van der Waals surface area (Å²) in [6, 6.07) is 16.9. The number of nitrogens with one attached hydrogen (secondary N) is 1. The Morgan fingerprint density at radius 2 is 2.00 bits per heavy atom. The van der Waals surface area contributed by atoms with E-state index in [0.717, 1.165) is 48.1 Å². The summed E-state index contributed by atoms with van der Waals surface area (Å²) in [5.41, 5.74) is 6.22. The lowest BCUT2D eigenvalue weighted by Gasteiger charge is -2.32. The molecular weight excluding hydrogens is 380 g/mol. The molecule has 0 amide bonds. The van der Waals surface area contributed by atoms with E-state index in [1.807, 2.05) is 12.1 Å². The number of hydrogen-bond donors (Lipinski definition) is 1. The number of hydrogen-bond acceptors (Lipinski definition) is 3. The topological polar surface area (TPSA) is 33.1 Å². The monoisotopic (exact) mass is 406 g/mol. The second-order valence-electron chi connectivity index (χ2n) is 8.24. The van der Waals surface area contributed by atoms with Gasteiger partial charge in [0.2, 0.25) is 0 Å². The average Bonchev–Trinajstić information content (AvgIpc) is 3.34. The highest BCUT2D eigenvalue weighted by molar-refractivity contribution is 6.31. The highest BCUT2D eigenvalue weighted by atomic mass is 35.5. The molecule has 3 heterocycles. The largest absolute Gasteiger partial charge is 0.369 e. The molecule has 1 aromatic heterocycles. The quantitative estimate of drug-likeness (QED) is 0.647. The predicted molar refractivity (Wildman–Crippen MR) is 119 cm³/mol. The van der Waals surface area contributed by atoms with E-state index < -0.39 is 0 Å². The van der Waals surface area contributed by atoms with Gasteiger partial charge in [-0.2, -0.15) is 5.10 Å². The highest BCUT2D eigenvalue weighted by Gasteiger charge is 2.31. The van der Waals surface area contributed by atoms with Crippen molar-refractivity contribution in [3.05, 3.63) is 75.9 Å². The molecule has 0 aliphatic carbocycles. The van der Waals surface area contributed by atoms with Gasteiger partial charge >= 0.3 is 0 Å². The van der Waals surface area contributed by atoms with Crippen LogP contribution in [0, 0.1) is 6.92 Å². The van der Waals surface area contributed by atoms with Gasteiger partial charge in [-0.3, -0.25) is 4.90 Å². The normalized spacial score (nSPS) is 19.2. The van der Waals surface area contributed by atoms with Crippen LogP contribution < -0.4 is 5.32 Å². The first-order valence-electron chi connectivity index (χ1n) is 10.6. The number of piperidine rings is 1. The molecule has 0 spiro atoms. The summed E-state index contributed by atoms with van der Waals surface area (Å²) in [5.74, 6) is 1.65. The van der Waals surface area contributed by atoms with Crippen molar-refractivity contribution >= 4 is 17.4 Å². The molecule has 5 heteroatoms. The molecule has 0 saturated carbocycles. The van der Waals surface area contributed by atoms with Crippen molar-refractivity contribution in [2.24, 2.45) is 0 Å². The Kier molecular flexibility index (Phi) is 5.06. The summed E-state index contributed by atoms with van der Waals surface area (Å²) >= 11 is 6.40. The smallest absolute Gasteiger partial charge is 0.133 e. The maximum atomic E-state index is 6.40. The first-order valence-corrected chi connectivity index (χ1v) is 11.0. The van der Waals surface area contributed by atoms with E-state index in [9.17, 15) is 0 Å². The Morgan fingerprint density at radius 3 is 2.86 bits per heavy atom. The van der Waals surface area contributed by atoms with E-state index in [4.69, 9.17) is 16.7 Å². The van der Waals surface area contributed by atoms with Crippen molar-refractivity contribution in [1.29, 1.82) is 0 Å². The number of rotatable bonds is 4.